The Morgan fingerprint density at radius 1 is 0.917 bits per heavy atom. The van der Waals surface area contributed by atoms with Crippen molar-refractivity contribution in [3.8, 4) is 0 Å². The summed E-state index contributed by atoms with van der Waals surface area (Å²) in [4.78, 5) is 32.2. The van der Waals surface area contributed by atoms with Crippen molar-refractivity contribution in [2.24, 2.45) is 5.92 Å². The number of carbonyl (C=O) groups excluding carboxylic acids is 2. The van der Waals surface area contributed by atoms with Gasteiger partial charge in [-0.15, -0.1) is 0 Å². The zero-order valence-corrected chi connectivity index (χ0v) is 13.5. The van der Waals surface area contributed by atoms with Crippen molar-refractivity contribution in [1.29, 1.82) is 0 Å². The number of rotatable bonds is 2. The molecule has 2 aliphatic heterocycles. The number of imide groups is 1. The number of anilines is 1. The van der Waals surface area contributed by atoms with Crippen LogP contribution in [0, 0.1) is 12.8 Å². The number of likely N-dealkylation sites (tertiary alicyclic amines) is 1. The number of hydroxylamine groups is 1. The molecule has 2 aromatic rings. The molecule has 3 unspecified atom stereocenters. The molecule has 0 spiro atoms. The van der Waals surface area contributed by atoms with Crippen LogP contribution in [0.2, 0.25) is 0 Å². The van der Waals surface area contributed by atoms with Gasteiger partial charge in [0.05, 0.1) is 11.7 Å². The minimum atomic E-state index is -0.757. The largest absolute Gasteiger partial charge is 0.283 e. The van der Waals surface area contributed by atoms with Crippen LogP contribution in [0.1, 0.15) is 17.2 Å². The lowest BCUT2D eigenvalue weighted by molar-refractivity contribution is -0.141. The molecule has 2 amide bonds. The van der Waals surface area contributed by atoms with Gasteiger partial charge in [-0.3, -0.25) is 19.3 Å². The van der Waals surface area contributed by atoms with Gasteiger partial charge in [-0.05, 0) is 24.1 Å². The fourth-order valence-corrected chi connectivity index (χ4v) is 3.56. The van der Waals surface area contributed by atoms with Gasteiger partial charge in [0.2, 0.25) is 5.91 Å². The standard InChI is InChI=1S/C19H18N2O3/c1-12-8-6-7-11-14(12)21-16(13-9-4-3-5-10-13)15-17(24-21)19(23)20(2)18(15)22/h3-11,15-17H,1-2H3. The van der Waals surface area contributed by atoms with Crippen molar-refractivity contribution in [2.45, 2.75) is 19.1 Å². The number of carbonyl (C=O) groups is 2. The average Bonchev–Trinajstić information content (AvgIpc) is 3.09. The number of likely N-dealkylation sites (N-methyl/N-ethyl adjacent to an activating group) is 1. The van der Waals surface area contributed by atoms with Crippen molar-refractivity contribution >= 4 is 17.5 Å². The van der Waals surface area contributed by atoms with E-state index in [1.807, 2.05) is 61.5 Å². The number of aryl methyl sites for hydroxylation is 1. The predicted molar refractivity (Wildman–Crippen MR) is 89.0 cm³/mol. The van der Waals surface area contributed by atoms with Gasteiger partial charge in [0, 0.05) is 7.05 Å². The first kappa shape index (κ1) is 14.9. The van der Waals surface area contributed by atoms with Gasteiger partial charge >= 0.3 is 0 Å². The highest BCUT2D eigenvalue weighted by Gasteiger charge is 2.58. The van der Waals surface area contributed by atoms with E-state index in [9.17, 15) is 9.59 Å². The summed E-state index contributed by atoms with van der Waals surface area (Å²) in [6.45, 7) is 1.99. The number of para-hydroxylation sites is 1. The first-order chi connectivity index (χ1) is 11.6. The minimum absolute atomic E-state index is 0.185. The number of nitrogens with zero attached hydrogens (tertiary/aromatic N) is 2. The lowest BCUT2D eigenvalue weighted by atomic mass is 9.90. The summed E-state index contributed by atoms with van der Waals surface area (Å²) in [6, 6.07) is 17.2. The van der Waals surface area contributed by atoms with Gasteiger partial charge in [-0.2, -0.15) is 0 Å². The Morgan fingerprint density at radius 3 is 2.29 bits per heavy atom. The number of amides is 2. The maximum atomic E-state index is 12.6. The van der Waals surface area contributed by atoms with Crippen molar-refractivity contribution < 1.29 is 14.4 Å². The molecule has 5 heteroatoms. The van der Waals surface area contributed by atoms with E-state index in [0.717, 1.165) is 16.8 Å². The van der Waals surface area contributed by atoms with Crippen LogP contribution in [0.4, 0.5) is 5.69 Å². The van der Waals surface area contributed by atoms with Crippen LogP contribution < -0.4 is 5.06 Å². The molecule has 2 aliphatic rings. The second kappa shape index (κ2) is 5.46. The van der Waals surface area contributed by atoms with Crippen LogP contribution in [-0.2, 0) is 14.4 Å². The minimum Gasteiger partial charge on any atom is -0.283 e. The van der Waals surface area contributed by atoms with Crippen molar-refractivity contribution in [2.75, 3.05) is 12.1 Å². The van der Waals surface area contributed by atoms with Gasteiger partial charge in [0.15, 0.2) is 6.10 Å². The van der Waals surface area contributed by atoms with E-state index >= 15 is 0 Å². The zero-order valence-electron chi connectivity index (χ0n) is 13.5. The maximum absolute atomic E-state index is 12.6. The molecule has 0 aromatic heterocycles. The Bertz CT molecular complexity index is 805. The van der Waals surface area contributed by atoms with Gasteiger partial charge in [-0.25, -0.2) is 5.06 Å². The SMILES string of the molecule is Cc1ccccc1N1OC2C(=O)N(C)C(=O)C2C1c1ccccc1. The van der Waals surface area contributed by atoms with E-state index < -0.39 is 12.0 Å². The van der Waals surface area contributed by atoms with Crippen LogP contribution in [0.3, 0.4) is 0 Å². The summed E-state index contributed by atoms with van der Waals surface area (Å²) < 4.78 is 0. The molecular formula is C19H18N2O3. The molecule has 2 fully saturated rings. The lowest BCUT2D eigenvalue weighted by Crippen LogP contribution is -2.34. The molecule has 2 saturated heterocycles. The first-order valence-corrected chi connectivity index (χ1v) is 7.97. The topological polar surface area (TPSA) is 49.9 Å². The van der Waals surface area contributed by atoms with Crippen LogP contribution >= 0.6 is 0 Å². The molecule has 0 radical (unpaired) electrons. The Kier molecular flexibility index (Phi) is 3.39. The Balaban J connectivity index is 1.84. The number of hydrogen-bond acceptors (Lipinski definition) is 4. The van der Waals surface area contributed by atoms with Crippen LogP contribution in [0.5, 0.6) is 0 Å². The second-order valence-corrected chi connectivity index (χ2v) is 6.26. The number of hydrogen-bond donors (Lipinski definition) is 0. The van der Waals surface area contributed by atoms with Crippen molar-refractivity contribution in [3.63, 3.8) is 0 Å². The third kappa shape index (κ3) is 2.05. The first-order valence-electron chi connectivity index (χ1n) is 7.97. The zero-order chi connectivity index (χ0) is 16.8. The molecule has 2 heterocycles. The van der Waals surface area contributed by atoms with E-state index in [1.54, 1.807) is 5.06 Å². The third-order valence-corrected chi connectivity index (χ3v) is 4.83. The number of benzene rings is 2. The third-order valence-electron chi connectivity index (χ3n) is 4.83. The molecule has 0 saturated carbocycles. The molecule has 0 bridgehead atoms. The molecule has 0 aliphatic carbocycles. The highest BCUT2D eigenvalue weighted by molar-refractivity contribution is 6.07. The summed E-state index contributed by atoms with van der Waals surface area (Å²) in [7, 11) is 1.52. The number of fused-ring (bicyclic) bond motifs is 1. The van der Waals surface area contributed by atoms with Crippen molar-refractivity contribution in [1.82, 2.24) is 4.90 Å². The van der Waals surface area contributed by atoms with E-state index in [4.69, 9.17) is 4.84 Å². The fraction of sp³-hybridized carbons (Fsp3) is 0.263. The summed E-state index contributed by atoms with van der Waals surface area (Å²) in [5.41, 5.74) is 2.88. The molecule has 4 rings (SSSR count). The molecule has 24 heavy (non-hydrogen) atoms. The quantitative estimate of drug-likeness (QED) is 0.797. The molecular weight excluding hydrogens is 304 g/mol. The van der Waals surface area contributed by atoms with Crippen LogP contribution in [-0.4, -0.2) is 29.9 Å². The molecule has 122 valence electrons. The van der Waals surface area contributed by atoms with Gasteiger partial charge in [0.1, 0.15) is 5.92 Å². The Morgan fingerprint density at radius 2 is 1.58 bits per heavy atom. The molecule has 2 aromatic carbocycles. The van der Waals surface area contributed by atoms with Crippen LogP contribution in [0.25, 0.3) is 0 Å². The van der Waals surface area contributed by atoms with E-state index in [1.165, 1.54) is 11.9 Å². The summed E-state index contributed by atoms with van der Waals surface area (Å²) in [5, 5.41) is 1.74. The van der Waals surface area contributed by atoms with Gasteiger partial charge in [-0.1, -0.05) is 48.5 Å². The van der Waals surface area contributed by atoms with Gasteiger partial charge in [0.25, 0.3) is 5.91 Å². The van der Waals surface area contributed by atoms with E-state index in [0.29, 0.717) is 0 Å². The van der Waals surface area contributed by atoms with E-state index in [-0.39, 0.29) is 17.9 Å². The maximum Gasteiger partial charge on any atom is 0.261 e. The smallest absolute Gasteiger partial charge is 0.261 e. The second-order valence-electron chi connectivity index (χ2n) is 6.26. The summed E-state index contributed by atoms with van der Waals surface area (Å²) >= 11 is 0. The molecule has 0 N–H and O–H groups in total. The van der Waals surface area contributed by atoms with Gasteiger partial charge < -0.3 is 0 Å². The van der Waals surface area contributed by atoms with E-state index in [2.05, 4.69) is 0 Å². The Labute approximate surface area is 140 Å². The monoisotopic (exact) mass is 322 g/mol. The highest BCUT2D eigenvalue weighted by Crippen LogP contribution is 2.46. The predicted octanol–water partition coefficient (Wildman–Crippen LogP) is 2.47. The Hall–Kier alpha value is -2.66. The molecule has 3 atom stereocenters. The lowest BCUT2D eigenvalue weighted by Gasteiger charge is -2.29. The normalized spacial score (nSPS) is 26.2. The summed E-state index contributed by atoms with van der Waals surface area (Å²) in [5.74, 6) is -0.985. The van der Waals surface area contributed by atoms with Crippen molar-refractivity contribution in [3.05, 3.63) is 65.7 Å². The summed E-state index contributed by atoms with van der Waals surface area (Å²) in [6.07, 6.45) is -0.757. The fourth-order valence-electron chi connectivity index (χ4n) is 3.56. The van der Waals surface area contributed by atoms with Crippen LogP contribution in [0.15, 0.2) is 54.6 Å². The molecule has 5 nitrogen and oxygen atoms in total. The average molecular weight is 322 g/mol. The highest BCUT2D eigenvalue weighted by atomic mass is 16.7.